The van der Waals surface area contributed by atoms with Gasteiger partial charge in [0.05, 0.1) is 18.7 Å². The van der Waals surface area contributed by atoms with Crippen LogP contribution in [0.1, 0.15) is 6.92 Å². The molecule has 0 saturated carbocycles. The van der Waals surface area contributed by atoms with E-state index in [1.807, 2.05) is 11.9 Å². The molecule has 4 nitrogen and oxygen atoms in total. The minimum atomic E-state index is -0.821. The molecule has 0 bridgehead atoms. The average molecular weight is 258 g/mol. The Morgan fingerprint density at radius 2 is 2.24 bits per heavy atom. The zero-order valence-electron chi connectivity index (χ0n) is 10.1. The number of anilines is 1. The standard InChI is InChI=1S/C12H16ClNO3/c1-8(12(15)16)7-14(2)10-6-9(13)4-5-11(10)17-3/h4-6,8H,7H2,1-3H3,(H,15,16). The van der Waals surface area contributed by atoms with Crippen molar-refractivity contribution in [3.63, 3.8) is 0 Å². The van der Waals surface area contributed by atoms with Crippen molar-refractivity contribution in [1.29, 1.82) is 0 Å². The van der Waals surface area contributed by atoms with E-state index in [0.717, 1.165) is 5.69 Å². The second-order valence-electron chi connectivity index (χ2n) is 3.94. The summed E-state index contributed by atoms with van der Waals surface area (Å²) in [4.78, 5) is 12.6. The highest BCUT2D eigenvalue weighted by atomic mass is 35.5. The van der Waals surface area contributed by atoms with Gasteiger partial charge in [-0.05, 0) is 18.2 Å². The summed E-state index contributed by atoms with van der Waals surface area (Å²) in [6, 6.07) is 5.26. The van der Waals surface area contributed by atoms with Crippen molar-refractivity contribution in [1.82, 2.24) is 0 Å². The van der Waals surface area contributed by atoms with Gasteiger partial charge in [-0.15, -0.1) is 0 Å². The largest absolute Gasteiger partial charge is 0.495 e. The number of benzene rings is 1. The number of rotatable bonds is 5. The molecule has 0 aliphatic carbocycles. The highest BCUT2D eigenvalue weighted by Crippen LogP contribution is 2.30. The molecule has 0 saturated heterocycles. The van der Waals surface area contributed by atoms with E-state index in [-0.39, 0.29) is 0 Å². The van der Waals surface area contributed by atoms with Gasteiger partial charge in [0.2, 0.25) is 0 Å². The van der Waals surface area contributed by atoms with E-state index in [1.165, 1.54) is 0 Å². The minimum Gasteiger partial charge on any atom is -0.495 e. The Hall–Kier alpha value is -1.42. The number of halogens is 1. The first-order valence-corrected chi connectivity index (χ1v) is 5.61. The van der Waals surface area contributed by atoms with E-state index in [2.05, 4.69) is 0 Å². The van der Waals surface area contributed by atoms with E-state index in [0.29, 0.717) is 17.3 Å². The van der Waals surface area contributed by atoms with Crippen molar-refractivity contribution >= 4 is 23.3 Å². The molecule has 0 spiro atoms. The first-order chi connectivity index (χ1) is 7.95. The monoisotopic (exact) mass is 257 g/mol. The molecule has 1 unspecified atom stereocenters. The highest BCUT2D eigenvalue weighted by Gasteiger charge is 2.16. The molecule has 0 fully saturated rings. The van der Waals surface area contributed by atoms with Crippen LogP contribution in [0.2, 0.25) is 5.02 Å². The van der Waals surface area contributed by atoms with Gasteiger partial charge in [-0.2, -0.15) is 0 Å². The summed E-state index contributed by atoms with van der Waals surface area (Å²) in [7, 11) is 3.38. The molecule has 0 aromatic heterocycles. The van der Waals surface area contributed by atoms with Gasteiger partial charge < -0.3 is 14.7 Å². The molecule has 0 aliphatic rings. The Balaban J connectivity index is 2.90. The van der Waals surface area contributed by atoms with E-state index in [4.69, 9.17) is 21.4 Å². The normalized spacial score (nSPS) is 12.0. The van der Waals surface area contributed by atoms with Gasteiger partial charge >= 0.3 is 5.97 Å². The third-order valence-electron chi connectivity index (χ3n) is 2.52. The molecule has 1 N–H and O–H groups in total. The number of carbonyl (C=O) groups is 1. The maximum atomic E-state index is 10.8. The summed E-state index contributed by atoms with van der Waals surface area (Å²) >= 11 is 5.92. The Kier molecular flexibility index (Phi) is 4.63. The van der Waals surface area contributed by atoms with Crippen molar-refractivity contribution in [3.8, 4) is 5.75 Å². The summed E-state index contributed by atoms with van der Waals surface area (Å²) in [6.07, 6.45) is 0. The third-order valence-corrected chi connectivity index (χ3v) is 2.76. The number of carboxylic acids is 1. The summed E-state index contributed by atoms with van der Waals surface area (Å²) in [5, 5.41) is 9.47. The number of hydrogen-bond donors (Lipinski definition) is 1. The van der Waals surface area contributed by atoms with Gasteiger partial charge in [-0.1, -0.05) is 18.5 Å². The lowest BCUT2D eigenvalue weighted by Crippen LogP contribution is -2.28. The van der Waals surface area contributed by atoms with Crippen molar-refractivity contribution in [2.75, 3.05) is 25.6 Å². The van der Waals surface area contributed by atoms with E-state index in [9.17, 15) is 4.79 Å². The molecule has 17 heavy (non-hydrogen) atoms. The molecular weight excluding hydrogens is 242 g/mol. The predicted octanol–water partition coefficient (Wildman–Crippen LogP) is 2.51. The van der Waals surface area contributed by atoms with Crippen LogP contribution in [0.5, 0.6) is 5.75 Å². The van der Waals surface area contributed by atoms with Crippen molar-refractivity contribution in [2.45, 2.75) is 6.92 Å². The molecule has 0 aliphatic heterocycles. The second-order valence-corrected chi connectivity index (χ2v) is 4.37. The Labute approximate surface area is 106 Å². The Morgan fingerprint density at radius 3 is 2.76 bits per heavy atom. The Bertz CT molecular complexity index is 409. The molecule has 0 radical (unpaired) electrons. The quantitative estimate of drug-likeness (QED) is 0.881. The van der Waals surface area contributed by atoms with Crippen LogP contribution in [0.15, 0.2) is 18.2 Å². The molecule has 1 rings (SSSR count). The summed E-state index contributed by atoms with van der Waals surface area (Å²) in [5.74, 6) is -0.601. The number of hydrogen-bond acceptors (Lipinski definition) is 3. The number of carboxylic acid groups (broad SMARTS) is 1. The molecule has 0 amide bonds. The van der Waals surface area contributed by atoms with Crippen LogP contribution in [0.4, 0.5) is 5.69 Å². The zero-order valence-corrected chi connectivity index (χ0v) is 10.9. The van der Waals surface area contributed by atoms with Gasteiger partial charge in [0.25, 0.3) is 0 Å². The minimum absolute atomic E-state index is 0.395. The first-order valence-electron chi connectivity index (χ1n) is 5.23. The van der Waals surface area contributed by atoms with E-state index < -0.39 is 11.9 Å². The smallest absolute Gasteiger partial charge is 0.308 e. The fourth-order valence-corrected chi connectivity index (χ4v) is 1.72. The number of aliphatic carboxylic acids is 1. The predicted molar refractivity (Wildman–Crippen MR) is 68.1 cm³/mol. The Morgan fingerprint density at radius 1 is 1.59 bits per heavy atom. The molecule has 1 atom stereocenters. The number of methoxy groups -OCH3 is 1. The van der Waals surface area contributed by atoms with Gasteiger partial charge in [0, 0.05) is 18.6 Å². The first kappa shape index (κ1) is 13.6. The SMILES string of the molecule is COc1ccc(Cl)cc1N(C)CC(C)C(=O)O. The third kappa shape index (κ3) is 3.53. The van der Waals surface area contributed by atoms with E-state index in [1.54, 1.807) is 32.2 Å². The van der Waals surface area contributed by atoms with Crippen molar-refractivity contribution in [3.05, 3.63) is 23.2 Å². The van der Waals surface area contributed by atoms with Crippen LogP contribution in [0, 0.1) is 5.92 Å². The van der Waals surface area contributed by atoms with Gasteiger partial charge in [0.1, 0.15) is 5.75 Å². The van der Waals surface area contributed by atoms with Gasteiger partial charge in [-0.25, -0.2) is 0 Å². The molecule has 1 aromatic rings. The average Bonchev–Trinajstić information content (AvgIpc) is 2.28. The highest BCUT2D eigenvalue weighted by molar-refractivity contribution is 6.30. The van der Waals surface area contributed by atoms with Crippen LogP contribution in [-0.4, -0.2) is 31.8 Å². The molecule has 0 heterocycles. The van der Waals surface area contributed by atoms with Crippen LogP contribution in [0.3, 0.4) is 0 Å². The van der Waals surface area contributed by atoms with Crippen LogP contribution < -0.4 is 9.64 Å². The van der Waals surface area contributed by atoms with Crippen LogP contribution >= 0.6 is 11.6 Å². The maximum Gasteiger partial charge on any atom is 0.308 e. The molecule has 94 valence electrons. The molecule has 5 heteroatoms. The maximum absolute atomic E-state index is 10.8. The number of nitrogens with zero attached hydrogens (tertiary/aromatic N) is 1. The lowest BCUT2D eigenvalue weighted by atomic mass is 10.1. The molecule has 1 aromatic carbocycles. The van der Waals surface area contributed by atoms with Crippen LogP contribution in [0.25, 0.3) is 0 Å². The summed E-state index contributed by atoms with van der Waals surface area (Å²) in [5.41, 5.74) is 0.785. The van der Waals surface area contributed by atoms with E-state index >= 15 is 0 Å². The number of ether oxygens (including phenoxy) is 1. The van der Waals surface area contributed by atoms with Crippen molar-refractivity contribution < 1.29 is 14.6 Å². The summed E-state index contributed by atoms with van der Waals surface area (Å²) in [6.45, 7) is 2.06. The fraction of sp³-hybridized carbons (Fsp3) is 0.417. The fourth-order valence-electron chi connectivity index (χ4n) is 1.55. The lowest BCUT2D eigenvalue weighted by Gasteiger charge is -2.23. The zero-order chi connectivity index (χ0) is 13.0. The van der Waals surface area contributed by atoms with Gasteiger partial charge in [-0.3, -0.25) is 4.79 Å². The molecular formula is C12H16ClNO3. The van der Waals surface area contributed by atoms with Gasteiger partial charge in [0.15, 0.2) is 0 Å². The lowest BCUT2D eigenvalue weighted by molar-refractivity contribution is -0.140. The van der Waals surface area contributed by atoms with Crippen molar-refractivity contribution in [2.24, 2.45) is 5.92 Å². The van der Waals surface area contributed by atoms with Crippen LogP contribution in [-0.2, 0) is 4.79 Å². The second kappa shape index (κ2) is 5.77. The summed E-state index contributed by atoms with van der Waals surface area (Å²) < 4.78 is 5.22. The topological polar surface area (TPSA) is 49.8 Å².